The standard InChI is InChI=1S/C11H16FN3O/c1-2-15(7-11(14)16)10-5-3-4-9(12)8(10)6-13/h3-5H,2,6-7,13H2,1H3,(H2,14,16). The summed E-state index contributed by atoms with van der Waals surface area (Å²) < 4.78 is 13.5. The van der Waals surface area contributed by atoms with Crippen LogP contribution >= 0.6 is 0 Å². The summed E-state index contributed by atoms with van der Waals surface area (Å²) in [6, 6.07) is 4.68. The smallest absolute Gasteiger partial charge is 0.236 e. The number of rotatable bonds is 5. The van der Waals surface area contributed by atoms with Gasteiger partial charge in [0.25, 0.3) is 0 Å². The molecular weight excluding hydrogens is 209 g/mol. The molecule has 0 fully saturated rings. The van der Waals surface area contributed by atoms with E-state index in [1.165, 1.54) is 6.07 Å². The molecule has 1 amide bonds. The zero-order valence-electron chi connectivity index (χ0n) is 9.24. The largest absolute Gasteiger partial charge is 0.368 e. The van der Waals surface area contributed by atoms with Crippen LogP contribution in [0.25, 0.3) is 0 Å². The Bertz CT molecular complexity index is 381. The van der Waals surface area contributed by atoms with Gasteiger partial charge in [-0.05, 0) is 19.1 Å². The summed E-state index contributed by atoms with van der Waals surface area (Å²) in [5.74, 6) is -0.808. The molecule has 0 saturated carbocycles. The van der Waals surface area contributed by atoms with E-state index >= 15 is 0 Å². The number of amides is 1. The molecule has 0 aromatic heterocycles. The molecule has 88 valence electrons. The number of carbonyl (C=O) groups is 1. The summed E-state index contributed by atoms with van der Waals surface area (Å²) in [7, 11) is 0. The van der Waals surface area contributed by atoms with Gasteiger partial charge >= 0.3 is 0 Å². The lowest BCUT2D eigenvalue weighted by molar-refractivity contribution is -0.116. The minimum atomic E-state index is -0.450. The first-order valence-corrected chi connectivity index (χ1v) is 5.10. The fraction of sp³-hybridized carbons (Fsp3) is 0.364. The Labute approximate surface area is 94.0 Å². The highest BCUT2D eigenvalue weighted by molar-refractivity contribution is 5.80. The maximum atomic E-state index is 13.5. The van der Waals surface area contributed by atoms with Crippen molar-refractivity contribution in [1.29, 1.82) is 0 Å². The molecule has 0 aliphatic rings. The molecule has 0 heterocycles. The molecular formula is C11H16FN3O. The van der Waals surface area contributed by atoms with Crippen molar-refractivity contribution in [2.45, 2.75) is 13.5 Å². The van der Waals surface area contributed by atoms with Crippen molar-refractivity contribution in [3.63, 3.8) is 0 Å². The number of carbonyl (C=O) groups excluding carboxylic acids is 1. The summed E-state index contributed by atoms with van der Waals surface area (Å²) >= 11 is 0. The average molecular weight is 225 g/mol. The van der Waals surface area contributed by atoms with E-state index in [0.29, 0.717) is 17.8 Å². The zero-order valence-corrected chi connectivity index (χ0v) is 9.24. The summed E-state index contributed by atoms with van der Waals surface area (Å²) in [6.45, 7) is 2.59. The highest BCUT2D eigenvalue weighted by atomic mass is 19.1. The van der Waals surface area contributed by atoms with Crippen LogP contribution in [0.3, 0.4) is 0 Å². The molecule has 1 aromatic rings. The third kappa shape index (κ3) is 2.70. The van der Waals surface area contributed by atoms with Crippen molar-refractivity contribution >= 4 is 11.6 Å². The Balaban J connectivity index is 3.08. The van der Waals surface area contributed by atoms with Gasteiger partial charge in [0.2, 0.25) is 5.91 Å². The molecule has 1 aromatic carbocycles. The van der Waals surface area contributed by atoms with Crippen molar-refractivity contribution in [3.05, 3.63) is 29.6 Å². The van der Waals surface area contributed by atoms with Crippen LogP contribution in [0, 0.1) is 5.82 Å². The lowest BCUT2D eigenvalue weighted by Gasteiger charge is -2.24. The number of anilines is 1. The van der Waals surface area contributed by atoms with Gasteiger partial charge in [0.05, 0.1) is 6.54 Å². The number of primary amides is 1. The quantitative estimate of drug-likeness (QED) is 0.770. The maximum absolute atomic E-state index is 13.5. The van der Waals surface area contributed by atoms with E-state index in [9.17, 15) is 9.18 Å². The number of benzene rings is 1. The molecule has 0 radical (unpaired) electrons. The fourth-order valence-electron chi connectivity index (χ4n) is 1.60. The van der Waals surface area contributed by atoms with Gasteiger partial charge in [-0.1, -0.05) is 6.07 Å². The second kappa shape index (κ2) is 5.46. The first-order valence-electron chi connectivity index (χ1n) is 5.10. The molecule has 0 atom stereocenters. The average Bonchev–Trinajstić information content (AvgIpc) is 2.25. The third-order valence-electron chi connectivity index (χ3n) is 2.37. The van der Waals surface area contributed by atoms with E-state index in [4.69, 9.17) is 11.5 Å². The van der Waals surface area contributed by atoms with Crippen molar-refractivity contribution in [2.24, 2.45) is 11.5 Å². The van der Waals surface area contributed by atoms with Crippen LogP contribution < -0.4 is 16.4 Å². The first-order chi connectivity index (χ1) is 7.60. The number of hydrogen-bond acceptors (Lipinski definition) is 3. The second-order valence-electron chi connectivity index (χ2n) is 3.42. The molecule has 16 heavy (non-hydrogen) atoms. The van der Waals surface area contributed by atoms with E-state index < -0.39 is 5.91 Å². The summed E-state index contributed by atoms with van der Waals surface area (Å²) in [4.78, 5) is 12.6. The van der Waals surface area contributed by atoms with Gasteiger partial charge < -0.3 is 16.4 Å². The Morgan fingerprint density at radius 1 is 1.50 bits per heavy atom. The molecule has 4 nitrogen and oxygen atoms in total. The minimum Gasteiger partial charge on any atom is -0.368 e. The Hall–Kier alpha value is -1.62. The number of likely N-dealkylation sites (N-methyl/N-ethyl adjacent to an activating group) is 1. The number of hydrogen-bond donors (Lipinski definition) is 2. The van der Waals surface area contributed by atoms with E-state index in [0.717, 1.165) is 0 Å². The van der Waals surface area contributed by atoms with Crippen LogP contribution in [0.4, 0.5) is 10.1 Å². The normalized spacial score (nSPS) is 10.2. The summed E-state index contributed by atoms with van der Waals surface area (Å²) in [6.07, 6.45) is 0. The molecule has 0 unspecified atom stereocenters. The SMILES string of the molecule is CCN(CC(N)=O)c1cccc(F)c1CN. The lowest BCUT2D eigenvalue weighted by atomic mass is 10.1. The molecule has 0 aliphatic carbocycles. The molecule has 0 saturated heterocycles. The van der Waals surface area contributed by atoms with Gasteiger partial charge in [-0.2, -0.15) is 0 Å². The van der Waals surface area contributed by atoms with Gasteiger partial charge in [0, 0.05) is 24.3 Å². The van der Waals surface area contributed by atoms with E-state index in [1.807, 2.05) is 6.92 Å². The second-order valence-corrected chi connectivity index (χ2v) is 3.42. The van der Waals surface area contributed by atoms with Crippen LogP contribution in [0.5, 0.6) is 0 Å². The predicted molar refractivity (Wildman–Crippen MR) is 61.4 cm³/mol. The Morgan fingerprint density at radius 3 is 2.69 bits per heavy atom. The van der Waals surface area contributed by atoms with E-state index in [2.05, 4.69) is 0 Å². The highest BCUT2D eigenvalue weighted by Crippen LogP contribution is 2.22. The van der Waals surface area contributed by atoms with Crippen LogP contribution in [0.15, 0.2) is 18.2 Å². The van der Waals surface area contributed by atoms with Crippen molar-refractivity contribution in [1.82, 2.24) is 0 Å². The summed E-state index contributed by atoms with van der Waals surface area (Å²) in [5.41, 5.74) is 11.7. The monoisotopic (exact) mass is 225 g/mol. The molecule has 0 bridgehead atoms. The van der Waals surface area contributed by atoms with E-state index in [-0.39, 0.29) is 18.9 Å². The third-order valence-corrected chi connectivity index (χ3v) is 2.37. The summed E-state index contributed by atoms with van der Waals surface area (Å²) in [5, 5.41) is 0. The van der Waals surface area contributed by atoms with Gasteiger partial charge in [0.1, 0.15) is 5.82 Å². The first kappa shape index (κ1) is 12.4. The number of nitrogens with two attached hydrogens (primary N) is 2. The van der Waals surface area contributed by atoms with Crippen LogP contribution in [0.1, 0.15) is 12.5 Å². The minimum absolute atomic E-state index is 0.0625. The van der Waals surface area contributed by atoms with Gasteiger partial charge in [-0.3, -0.25) is 4.79 Å². The van der Waals surface area contributed by atoms with Crippen LogP contribution in [0.2, 0.25) is 0 Å². The lowest BCUT2D eigenvalue weighted by Crippen LogP contribution is -2.34. The van der Waals surface area contributed by atoms with Gasteiger partial charge in [0.15, 0.2) is 0 Å². The Kier molecular flexibility index (Phi) is 4.25. The van der Waals surface area contributed by atoms with E-state index in [1.54, 1.807) is 17.0 Å². The molecule has 0 aliphatic heterocycles. The van der Waals surface area contributed by atoms with Crippen LogP contribution in [-0.4, -0.2) is 19.0 Å². The van der Waals surface area contributed by atoms with Crippen LogP contribution in [-0.2, 0) is 11.3 Å². The van der Waals surface area contributed by atoms with Crippen molar-refractivity contribution in [2.75, 3.05) is 18.0 Å². The number of halogens is 1. The predicted octanol–water partition coefficient (Wildman–Crippen LogP) is 0.596. The van der Waals surface area contributed by atoms with Crippen molar-refractivity contribution in [3.8, 4) is 0 Å². The highest BCUT2D eigenvalue weighted by Gasteiger charge is 2.13. The molecule has 1 rings (SSSR count). The molecule has 0 spiro atoms. The van der Waals surface area contributed by atoms with Gasteiger partial charge in [-0.15, -0.1) is 0 Å². The topological polar surface area (TPSA) is 72.3 Å². The molecule has 5 heteroatoms. The van der Waals surface area contributed by atoms with Crippen molar-refractivity contribution < 1.29 is 9.18 Å². The zero-order chi connectivity index (χ0) is 12.1. The Morgan fingerprint density at radius 2 is 2.19 bits per heavy atom. The number of nitrogens with zero attached hydrogens (tertiary/aromatic N) is 1. The van der Waals surface area contributed by atoms with Gasteiger partial charge in [-0.25, -0.2) is 4.39 Å². The maximum Gasteiger partial charge on any atom is 0.236 e. The molecule has 4 N–H and O–H groups in total. The fourth-order valence-corrected chi connectivity index (χ4v) is 1.60.